The van der Waals surface area contributed by atoms with E-state index in [0.29, 0.717) is 18.3 Å². The molecule has 1 aliphatic carbocycles. The minimum atomic E-state index is -4.99. The number of ether oxygens (including phenoxy) is 1. The SMILES string of the molecule is CCCCOc1ccc([C@](CC(=O)c2ccc(C3CC3)s2)(NC(=O)Cc2nn[nH]n2)C(F)(F)F)cc1. The number of benzene rings is 1. The maximum absolute atomic E-state index is 14.8. The zero-order valence-electron chi connectivity index (χ0n) is 19.6. The molecule has 1 aliphatic rings. The second-order valence-corrected chi connectivity index (χ2v) is 9.87. The molecule has 0 aliphatic heterocycles. The summed E-state index contributed by atoms with van der Waals surface area (Å²) in [4.78, 5) is 27.1. The van der Waals surface area contributed by atoms with Gasteiger partial charge in [-0.1, -0.05) is 30.7 Å². The molecule has 1 fully saturated rings. The lowest BCUT2D eigenvalue weighted by Crippen LogP contribution is -2.57. The fraction of sp³-hybridized carbons (Fsp3) is 0.458. The molecule has 0 unspecified atom stereocenters. The van der Waals surface area contributed by atoms with Gasteiger partial charge in [-0.15, -0.1) is 21.5 Å². The van der Waals surface area contributed by atoms with Crippen LogP contribution < -0.4 is 10.1 Å². The topological polar surface area (TPSA) is 110 Å². The highest BCUT2D eigenvalue weighted by molar-refractivity contribution is 7.14. The number of thiophene rings is 1. The van der Waals surface area contributed by atoms with E-state index in [-0.39, 0.29) is 16.3 Å². The minimum absolute atomic E-state index is 0.0677. The number of carbonyl (C=O) groups excluding carboxylic acids is 2. The lowest BCUT2D eigenvalue weighted by molar-refractivity contribution is -0.201. The van der Waals surface area contributed by atoms with Gasteiger partial charge in [-0.05, 0) is 55.0 Å². The van der Waals surface area contributed by atoms with E-state index < -0.39 is 36.2 Å². The van der Waals surface area contributed by atoms with Crippen LogP contribution in [0.2, 0.25) is 0 Å². The molecule has 0 bridgehead atoms. The van der Waals surface area contributed by atoms with E-state index in [1.54, 1.807) is 12.1 Å². The van der Waals surface area contributed by atoms with Gasteiger partial charge in [0.05, 0.1) is 17.9 Å². The molecule has 1 saturated carbocycles. The number of amides is 1. The van der Waals surface area contributed by atoms with E-state index in [1.165, 1.54) is 35.6 Å². The van der Waals surface area contributed by atoms with E-state index in [9.17, 15) is 22.8 Å². The third kappa shape index (κ3) is 5.92. The van der Waals surface area contributed by atoms with Crippen LogP contribution in [0.25, 0.3) is 0 Å². The Morgan fingerprint density at radius 3 is 2.53 bits per heavy atom. The fourth-order valence-corrected chi connectivity index (χ4v) is 4.94. The van der Waals surface area contributed by atoms with Crippen molar-refractivity contribution in [3.8, 4) is 5.75 Å². The predicted molar refractivity (Wildman–Crippen MR) is 126 cm³/mol. The number of rotatable bonds is 12. The number of aromatic amines is 1. The summed E-state index contributed by atoms with van der Waals surface area (Å²) in [6.07, 6.45) is -2.77. The first-order chi connectivity index (χ1) is 17.2. The first-order valence-electron chi connectivity index (χ1n) is 11.7. The van der Waals surface area contributed by atoms with E-state index in [2.05, 4.69) is 25.9 Å². The van der Waals surface area contributed by atoms with Crippen molar-refractivity contribution in [3.05, 3.63) is 57.5 Å². The number of nitrogens with zero attached hydrogens (tertiary/aromatic N) is 3. The zero-order valence-corrected chi connectivity index (χ0v) is 20.4. The highest BCUT2D eigenvalue weighted by Gasteiger charge is 2.58. The highest BCUT2D eigenvalue weighted by atomic mass is 32.1. The number of alkyl halides is 3. The van der Waals surface area contributed by atoms with Gasteiger partial charge in [-0.2, -0.15) is 18.4 Å². The van der Waals surface area contributed by atoms with Crippen LogP contribution in [0.4, 0.5) is 13.2 Å². The summed E-state index contributed by atoms with van der Waals surface area (Å²) in [6.45, 7) is 2.43. The van der Waals surface area contributed by atoms with Crippen LogP contribution in [-0.2, 0) is 16.8 Å². The zero-order chi connectivity index (χ0) is 25.8. The lowest BCUT2D eigenvalue weighted by Gasteiger charge is -2.36. The van der Waals surface area contributed by atoms with Crippen molar-refractivity contribution >= 4 is 23.0 Å². The Morgan fingerprint density at radius 2 is 1.92 bits per heavy atom. The van der Waals surface area contributed by atoms with Crippen molar-refractivity contribution in [1.82, 2.24) is 25.9 Å². The number of Topliss-reactive ketones (excluding diaryl/α,β-unsaturated/α-hetero) is 1. The molecule has 2 heterocycles. The number of nitrogens with one attached hydrogen (secondary N) is 2. The normalized spacial score (nSPS) is 15.3. The van der Waals surface area contributed by atoms with Crippen LogP contribution >= 0.6 is 11.3 Å². The molecule has 0 radical (unpaired) electrons. The smallest absolute Gasteiger partial charge is 0.416 e. The van der Waals surface area contributed by atoms with E-state index in [0.717, 1.165) is 30.6 Å². The average molecular weight is 522 g/mol. The summed E-state index contributed by atoms with van der Waals surface area (Å²) in [7, 11) is 0. The number of hydrogen-bond donors (Lipinski definition) is 2. The van der Waals surface area contributed by atoms with Gasteiger partial charge in [-0.25, -0.2) is 0 Å². The van der Waals surface area contributed by atoms with E-state index in [4.69, 9.17) is 4.74 Å². The first-order valence-corrected chi connectivity index (χ1v) is 12.5. The second-order valence-electron chi connectivity index (χ2n) is 8.76. The number of halogens is 3. The summed E-state index contributed by atoms with van der Waals surface area (Å²) < 4.78 is 50.0. The molecule has 1 aromatic carbocycles. The molecule has 2 aromatic heterocycles. The summed E-state index contributed by atoms with van der Waals surface area (Å²) in [5.74, 6) is -0.984. The molecule has 4 rings (SSSR count). The third-order valence-corrected chi connectivity index (χ3v) is 7.25. The van der Waals surface area contributed by atoms with Gasteiger partial charge in [0.1, 0.15) is 5.75 Å². The Bertz CT molecular complexity index is 1180. The van der Waals surface area contributed by atoms with Crippen molar-refractivity contribution in [2.24, 2.45) is 0 Å². The van der Waals surface area contributed by atoms with Gasteiger partial charge >= 0.3 is 6.18 Å². The maximum atomic E-state index is 14.8. The Labute approximate surface area is 209 Å². The minimum Gasteiger partial charge on any atom is -0.494 e. The number of aromatic nitrogens is 4. The molecular weight excluding hydrogens is 495 g/mol. The Morgan fingerprint density at radius 1 is 1.17 bits per heavy atom. The Hall–Kier alpha value is -3.28. The standard InChI is InChI=1S/C24H26F3N5O3S/c1-2-3-12-35-17-8-6-16(7-9-17)23(24(25,26)27,28-22(34)13-21-29-31-32-30-21)14-18(33)20-11-10-19(36-20)15-4-5-15/h6-11,15H,2-5,12-14H2,1H3,(H,28,34)(H,29,30,31,32)/t23-/m0/s1. The number of tetrazole rings is 1. The van der Waals surface area contributed by atoms with E-state index in [1.807, 2.05) is 6.92 Å². The molecule has 2 N–H and O–H groups in total. The van der Waals surface area contributed by atoms with Crippen LogP contribution in [0.5, 0.6) is 5.75 Å². The molecule has 3 aromatic rings. The highest BCUT2D eigenvalue weighted by Crippen LogP contribution is 2.46. The van der Waals surface area contributed by atoms with Gasteiger partial charge in [0.15, 0.2) is 17.1 Å². The first kappa shape index (κ1) is 25.8. The summed E-state index contributed by atoms with van der Waals surface area (Å²) in [5, 5.41) is 14.8. The number of ketones is 1. The molecule has 192 valence electrons. The van der Waals surface area contributed by atoms with Crippen LogP contribution in [0.3, 0.4) is 0 Å². The van der Waals surface area contributed by atoms with Gasteiger partial charge in [0.25, 0.3) is 0 Å². The van der Waals surface area contributed by atoms with Crippen molar-refractivity contribution in [1.29, 1.82) is 0 Å². The molecule has 12 heteroatoms. The molecular formula is C24H26F3N5O3S. The molecule has 0 saturated heterocycles. The molecule has 36 heavy (non-hydrogen) atoms. The molecule has 1 amide bonds. The molecule has 1 atom stereocenters. The summed E-state index contributed by atoms with van der Waals surface area (Å²) in [6, 6.07) is 8.66. The van der Waals surface area contributed by atoms with Crippen LogP contribution in [-0.4, -0.2) is 45.1 Å². The van der Waals surface area contributed by atoms with Crippen molar-refractivity contribution in [2.45, 2.75) is 63.1 Å². The number of H-pyrrole nitrogens is 1. The van der Waals surface area contributed by atoms with Crippen LogP contribution in [0.1, 0.15) is 70.9 Å². The van der Waals surface area contributed by atoms with Gasteiger partial charge in [-0.3, -0.25) is 9.59 Å². The van der Waals surface area contributed by atoms with Gasteiger partial charge in [0.2, 0.25) is 5.91 Å². The Kier molecular flexibility index (Phi) is 7.72. The van der Waals surface area contributed by atoms with Gasteiger partial charge in [0, 0.05) is 11.3 Å². The van der Waals surface area contributed by atoms with Crippen molar-refractivity contribution in [2.75, 3.05) is 6.61 Å². The van der Waals surface area contributed by atoms with Crippen molar-refractivity contribution < 1.29 is 27.5 Å². The summed E-state index contributed by atoms with van der Waals surface area (Å²) >= 11 is 1.21. The summed E-state index contributed by atoms with van der Waals surface area (Å²) in [5.41, 5.74) is -3.23. The third-order valence-electron chi connectivity index (χ3n) is 5.97. The van der Waals surface area contributed by atoms with Gasteiger partial charge < -0.3 is 10.1 Å². The second kappa shape index (κ2) is 10.8. The Balaban J connectivity index is 1.66. The average Bonchev–Trinajstić information content (AvgIpc) is 3.33. The fourth-order valence-electron chi connectivity index (χ4n) is 3.82. The number of hydrogen-bond acceptors (Lipinski definition) is 7. The largest absolute Gasteiger partial charge is 0.494 e. The number of unbranched alkanes of at least 4 members (excludes halogenated alkanes) is 1. The van der Waals surface area contributed by atoms with E-state index >= 15 is 0 Å². The monoisotopic (exact) mass is 521 g/mol. The molecule has 0 spiro atoms. The van der Waals surface area contributed by atoms with Crippen LogP contribution in [0.15, 0.2) is 36.4 Å². The quantitative estimate of drug-likeness (QED) is 0.264. The number of carbonyl (C=O) groups is 2. The molecule has 8 nitrogen and oxygen atoms in total. The lowest BCUT2D eigenvalue weighted by atomic mass is 9.83. The van der Waals surface area contributed by atoms with Crippen LogP contribution in [0, 0.1) is 0 Å². The maximum Gasteiger partial charge on any atom is 0.416 e. The van der Waals surface area contributed by atoms with Crippen molar-refractivity contribution in [3.63, 3.8) is 0 Å². The predicted octanol–water partition coefficient (Wildman–Crippen LogP) is 4.71.